The van der Waals surface area contributed by atoms with Crippen molar-refractivity contribution >= 4 is 5.91 Å². The number of carbonyl (C=O) groups excluding carboxylic acids is 1. The zero-order chi connectivity index (χ0) is 16.9. The molecule has 0 N–H and O–H groups in total. The fourth-order valence-corrected chi connectivity index (χ4v) is 3.52. The van der Waals surface area contributed by atoms with Gasteiger partial charge in [0, 0.05) is 19.5 Å². The first kappa shape index (κ1) is 17.0. The predicted octanol–water partition coefficient (Wildman–Crippen LogP) is 2.87. The minimum absolute atomic E-state index is 0.214. The fourth-order valence-electron chi connectivity index (χ4n) is 3.52. The standard InChI is InChI=1S/C20H28N2O2/c1-21(2)15-20(23)22(13-16-6-4-3-5-7-16)14-17-8-9-19-18(12-17)10-11-24-19/h3-4,8-9,12,16H,5-7,10-11,13-15H2,1-2H3/t16-/m0/s1. The summed E-state index contributed by atoms with van der Waals surface area (Å²) in [5.41, 5.74) is 2.48. The molecule has 2 aliphatic rings. The van der Waals surface area contributed by atoms with Gasteiger partial charge in [-0.15, -0.1) is 0 Å². The van der Waals surface area contributed by atoms with Gasteiger partial charge >= 0.3 is 0 Å². The molecule has 24 heavy (non-hydrogen) atoms. The van der Waals surface area contributed by atoms with Crippen molar-refractivity contribution in [2.45, 2.75) is 32.2 Å². The van der Waals surface area contributed by atoms with Crippen LogP contribution in [0.15, 0.2) is 30.4 Å². The number of hydrogen-bond acceptors (Lipinski definition) is 3. The van der Waals surface area contributed by atoms with Crippen LogP contribution in [0.4, 0.5) is 0 Å². The quantitative estimate of drug-likeness (QED) is 0.753. The lowest BCUT2D eigenvalue weighted by Gasteiger charge is -2.29. The van der Waals surface area contributed by atoms with Crippen molar-refractivity contribution in [2.24, 2.45) is 5.92 Å². The first-order valence-electron chi connectivity index (χ1n) is 8.94. The molecule has 0 spiro atoms. The summed E-state index contributed by atoms with van der Waals surface area (Å²) in [5, 5.41) is 0. The highest BCUT2D eigenvalue weighted by Gasteiger charge is 2.21. The van der Waals surface area contributed by atoms with Crippen LogP contribution in [0, 0.1) is 5.92 Å². The number of amides is 1. The molecule has 1 amide bonds. The molecule has 1 aliphatic carbocycles. The molecule has 4 heteroatoms. The van der Waals surface area contributed by atoms with Crippen LogP contribution in [0.25, 0.3) is 0 Å². The summed E-state index contributed by atoms with van der Waals surface area (Å²) in [7, 11) is 3.90. The molecule has 130 valence electrons. The second-order valence-corrected chi connectivity index (χ2v) is 7.20. The van der Waals surface area contributed by atoms with Gasteiger partial charge in [-0.3, -0.25) is 4.79 Å². The Morgan fingerprint density at radius 2 is 2.17 bits per heavy atom. The Kier molecular flexibility index (Phi) is 5.56. The van der Waals surface area contributed by atoms with Gasteiger partial charge in [-0.1, -0.05) is 24.3 Å². The van der Waals surface area contributed by atoms with E-state index < -0.39 is 0 Å². The summed E-state index contributed by atoms with van der Waals surface area (Å²) in [6, 6.07) is 6.36. The molecule has 3 rings (SSSR count). The summed E-state index contributed by atoms with van der Waals surface area (Å²) in [6.07, 6.45) is 8.89. The normalized spacial score (nSPS) is 19.2. The van der Waals surface area contributed by atoms with Crippen molar-refractivity contribution in [2.75, 3.05) is 33.8 Å². The first-order chi connectivity index (χ1) is 11.6. The molecule has 0 aromatic heterocycles. The molecule has 0 unspecified atom stereocenters. The van der Waals surface area contributed by atoms with E-state index in [1.807, 2.05) is 23.9 Å². The van der Waals surface area contributed by atoms with E-state index in [0.29, 0.717) is 19.0 Å². The molecule has 0 saturated carbocycles. The molecular formula is C20H28N2O2. The van der Waals surface area contributed by atoms with Gasteiger partial charge in [0.25, 0.3) is 0 Å². The van der Waals surface area contributed by atoms with Crippen LogP contribution in [-0.2, 0) is 17.8 Å². The summed E-state index contributed by atoms with van der Waals surface area (Å²) < 4.78 is 5.59. The van der Waals surface area contributed by atoms with E-state index in [1.54, 1.807) is 0 Å². The maximum absolute atomic E-state index is 12.7. The number of fused-ring (bicyclic) bond motifs is 1. The lowest BCUT2D eigenvalue weighted by atomic mass is 9.93. The van der Waals surface area contributed by atoms with Gasteiger partial charge in [-0.25, -0.2) is 0 Å². The molecular weight excluding hydrogens is 300 g/mol. The minimum Gasteiger partial charge on any atom is -0.493 e. The molecule has 1 aliphatic heterocycles. The summed E-state index contributed by atoms with van der Waals surface area (Å²) in [5.74, 6) is 1.80. The Morgan fingerprint density at radius 1 is 1.29 bits per heavy atom. The molecule has 0 bridgehead atoms. The van der Waals surface area contributed by atoms with E-state index in [4.69, 9.17) is 4.74 Å². The average Bonchev–Trinajstić information content (AvgIpc) is 3.02. The van der Waals surface area contributed by atoms with Gasteiger partial charge in [0.1, 0.15) is 5.75 Å². The van der Waals surface area contributed by atoms with Gasteiger partial charge < -0.3 is 14.5 Å². The SMILES string of the molecule is CN(C)CC(=O)N(Cc1ccc2c(c1)CCO2)C[C@H]1CC=CCC1. The van der Waals surface area contributed by atoms with Crippen molar-refractivity contribution in [1.82, 2.24) is 9.80 Å². The van der Waals surface area contributed by atoms with Crippen molar-refractivity contribution < 1.29 is 9.53 Å². The van der Waals surface area contributed by atoms with Gasteiger partial charge in [0.15, 0.2) is 0 Å². The Bertz CT molecular complexity index is 610. The maximum atomic E-state index is 12.7. The van der Waals surface area contributed by atoms with Gasteiger partial charge in [-0.2, -0.15) is 0 Å². The Morgan fingerprint density at radius 3 is 2.92 bits per heavy atom. The second kappa shape index (κ2) is 7.84. The van der Waals surface area contributed by atoms with Crippen molar-refractivity contribution in [3.05, 3.63) is 41.5 Å². The molecule has 1 atom stereocenters. The third kappa shape index (κ3) is 4.38. The number of ether oxygens (including phenoxy) is 1. The third-order valence-corrected chi connectivity index (χ3v) is 4.79. The Hall–Kier alpha value is -1.81. The molecule has 0 radical (unpaired) electrons. The summed E-state index contributed by atoms with van der Waals surface area (Å²) in [4.78, 5) is 16.7. The topological polar surface area (TPSA) is 32.8 Å². The van der Waals surface area contributed by atoms with Gasteiger partial charge in [0.05, 0.1) is 13.2 Å². The molecule has 1 aromatic rings. The van der Waals surface area contributed by atoms with Gasteiger partial charge in [-0.05, 0) is 56.5 Å². The van der Waals surface area contributed by atoms with Crippen molar-refractivity contribution in [3.63, 3.8) is 0 Å². The minimum atomic E-state index is 0.214. The fraction of sp³-hybridized carbons (Fsp3) is 0.550. The lowest BCUT2D eigenvalue weighted by molar-refractivity contribution is -0.133. The van der Waals surface area contributed by atoms with Crippen LogP contribution in [0.2, 0.25) is 0 Å². The average molecular weight is 328 g/mol. The number of nitrogens with zero attached hydrogens (tertiary/aromatic N) is 2. The van der Waals surface area contributed by atoms with E-state index in [9.17, 15) is 4.79 Å². The third-order valence-electron chi connectivity index (χ3n) is 4.79. The Labute approximate surface area is 145 Å². The number of likely N-dealkylation sites (N-methyl/N-ethyl adjacent to an activating group) is 1. The van der Waals surface area contributed by atoms with E-state index in [0.717, 1.165) is 38.2 Å². The zero-order valence-corrected chi connectivity index (χ0v) is 14.8. The van der Waals surface area contributed by atoms with E-state index in [1.165, 1.54) is 17.5 Å². The zero-order valence-electron chi connectivity index (χ0n) is 14.8. The number of hydrogen-bond donors (Lipinski definition) is 0. The lowest BCUT2D eigenvalue weighted by Crippen LogP contribution is -2.40. The van der Waals surface area contributed by atoms with Crippen LogP contribution in [0.3, 0.4) is 0 Å². The number of carbonyl (C=O) groups is 1. The van der Waals surface area contributed by atoms with E-state index in [-0.39, 0.29) is 5.91 Å². The maximum Gasteiger partial charge on any atom is 0.237 e. The van der Waals surface area contributed by atoms with Crippen molar-refractivity contribution in [1.29, 1.82) is 0 Å². The van der Waals surface area contributed by atoms with Crippen LogP contribution >= 0.6 is 0 Å². The Balaban J connectivity index is 1.70. The molecule has 0 saturated heterocycles. The monoisotopic (exact) mass is 328 g/mol. The molecule has 0 fully saturated rings. The highest BCUT2D eigenvalue weighted by Crippen LogP contribution is 2.27. The molecule has 1 heterocycles. The largest absolute Gasteiger partial charge is 0.493 e. The van der Waals surface area contributed by atoms with Crippen LogP contribution in [-0.4, -0.2) is 49.5 Å². The van der Waals surface area contributed by atoms with E-state index >= 15 is 0 Å². The highest BCUT2D eigenvalue weighted by atomic mass is 16.5. The number of allylic oxidation sites excluding steroid dienone is 2. The summed E-state index contributed by atoms with van der Waals surface area (Å²) in [6.45, 7) is 2.79. The smallest absolute Gasteiger partial charge is 0.237 e. The highest BCUT2D eigenvalue weighted by molar-refractivity contribution is 5.78. The number of rotatable bonds is 6. The molecule has 1 aromatic carbocycles. The van der Waals surface area contributed by atoms with Crippen LogP contribution in [0.1, 0.15) is 30.4 Å². The van der Waals surface area contributed by atoms with Crippen LogP contribution in [0.5, 0.6) is 5.75 Å². The first-order valence-corrected chi connectivity index (χ1v) is 8.94. The van der Waals surface area contributed by atoms with Gasteiger partial charge in [0.2, 0.25) is 5.91 Å². The van der Waals surface area contributed by atoms with Crippen LogP contribution < -0.4 is 4.74 Å². The predicted molar refractivity (Wildman–Crippen MR) is 96.1 cm³/mol. The summed E-state index contributed by atoms with van der Waals surface area (Å²) >= 11 is 0. The second-order valence-electron chi connectivity index (χ2n) is 7.20. The number of benzene rings is 1. The van der Waals surface area contributed by atoms with Crippen molar-refractivity contribution in [3.8, 4) is 5.75 Å². The van der Waals surface area contributed by atoms with E-state index in [2.05, 4.69) is 30.4 Å². The molecule has 4 nitrogen and oxygen atoms in total.